The Labute approximate surface area is 134 Å². The summed E-state index contributed by atoms with van der Waals surface area (Å²) in [6, 6.07) is 11.7. The summed E-state index contributed by atoms with van der Waals surface area (Å²) in [4.78, 5) is 12.8. The molecule has 0 bridgehead atoms. The van der Waals surface area contributed by atoms with Crippen LogP contribution >= 0.6 is 11.6 Å². The second-order valence-electron chi connectivity index (χ2n) is 5.14. The minimum Gasteiger partial charge on any atom is -0.340 e. The van der Waals surface area contributed by atoms with Gasteiger partial charge in [-0.1, -0.05) is 17.7 Å². The summed E-state index contributed by atoms with van der Waals surface area (Å²) in [6.07, 6.45) is 3.41. The summed E-state index contributed by atoms with van der Waals surface area (Å²) < 4.78 is 0. The molecule has 1 aromatic carbocycles. The predicted octanol–water partition coefficient (Wildman–Crippen LogP) is 4.55. The maximum absolute atomic E-state index is 6.12. The van der Waals surface area contributed by atoms with Gasteiger partial charge in [0.25, 0.3) is 0 Å². The summed E-state index contributed by atoms with van der Waals surface area (Å²) in [6.45, 7) is 4.13. The molecular weight excluding hydrogens is 296 g/mol. The number of nitrogens with one attached hydrogen (secondary N) is 1. The molecule has 0 spiro atoms. The van der Waals surface area contributed by atoms with E-state index in [2.05, 4.69) is 52.3 Å². The van der Waals surface area contributed by atoms with Crippen LogP contribution in [0.2, 0.25) is 5.15 Å². The second kappa shape index (κ2) is 6.12. The van der Waals surface area contributed by atoms with Gasteiger partial charge in [-0.3, -0.25) is 4.98 Å². The molecule has 0 aliphatic heterocycles. The van der Waals surface area contributed by atoms with E-state index in [0.29, 0.717) is 16.8 Å². The fourth-order valence-corrected chi connectivity index (χ4v) is 2.49. The second-order valence-corrected chi connectivity index (χ2v) is 5.52. The quantitative estimate of drug-likeness (QED) is 0.721. The van der Waals surface area contributed by atoms with Crippen LogP contribution in [0.5, 0.6) is 0 Å². The molecular formula is C17H15ClN4. The highest BCUT2D eigenvalue weighted by Gasteiger charge is 2.06. The van der Waals surface area contributed by atoms with Gasteiger partial charge < -0.3 is 5.32 Å². The van der Waals surface area contributed by atoms with Crippen molar-refractivity contribution < 1.29 is 0 Å². The molecule has 0 aliphatic rings. The third kappa shape index (κ3) is 3.40. The highest BCUT2D eigenvalue weighted by Crippen LogP contribution is 2.23. The molecule has 0 atom stereocenters. The Morgan fingerprint density at radius 2 is 1.59 bits per heavy atom. The molecule has 0 saturated carbocycles. The number of hydrogen-bond acceptors (Lipinski definition) is 4. The van der Waals surface area contributed by atoms with Gasteiger partial charge in [0.05, 0.1) is 0 Å². The van der Waals surface area contributed by atoms with Crippen molar-refractivity contribution in [2.75, 3.05) is 5.32 Å². The number of halogens is 1. The molecule has 0 amide bonds. The maximum atomic E-state index is 6.12. The fraction of sp³-hybridized carbons (Fsp3) is 0.118. The maximum Gasteiger partial charge on any atom is 0.163 e. The first kappa shape index (κ1) is 14.5. The molecule has 4 nitrogen and oxygen atoms in total. The van der Waals surface area contributed by atoms with Crippen LogP contribution in [0.15, 0.2) is 48.8 Å². The lowest BCUT2D eigenvalue weighted by Gasteiger charge is -2.09. The molecule has 110 valence electrons. The number of anilines is 2. The largest absolute Gasteiger partial charge is 0.340 e. The molecule has 0 radical (unpaired) electrons. The van der Waals surface area contributed by atoms with Gasteiger partial charge >= 0.3 is 0 Å². The zero-order chi connectivity index (χ0) is 15.5. The van der Waals surface area contributed by atoms with Crippen LogP contribution in [0.25, 0.3) is 11.4 Å². The molecule has 0 saturated heterocycles. The monoisotopic (exact) mass is 310 g/mol. The van der Waals surface area contributed by atoms with Crippen molar-refractivity contribution in [1.82, 2.24) is 15.0 Å². The lowest BCUT2D eigenvalue weighted by Crippen LogP contribution is -1.98. The number of rotatable bonds is 3. The summed E-state index contributed by atoms with van der Waals surface area (Å²) in [5, 5.41) is 3.68. The smallest absolute Gasteiger partial charge is 0.163 e. The van der Waals surface area contributed by atoms with E-state index in [-0.39, 0.29) is 0 Å². The summed E-state index contributed by atoms with van der Waals surface area (Å²) >= 11 is 6.12. The number of benzene rings is 1. The standard InChI is InChI=1S/C17H15ClN4/c1-11-7-12(2)9-14(8-11)20-16-10-15(18)21-17(22-16)13-3-5-19-6-4-13/h3-10H,1-2H3,(H,20,21,22). The molecule has 0 fully saturated rings. The van der Waals surface area contributed by atoms with Gasteiger partial charge in [-0.25, -0.2) is 9.97 Å². The van der Waals surface area contributed by atoms with Gasteiger partial charge in [0, 0.05) is 29.7 Å². The van der Waals surface area contributed by atoms with Crippen LogP contribution in [0.1, 0.15) is 11.1 Å². The van der Waals surface area contributed by atoms with Gasteiger partial charge in [-0.2, -0.15) is 0 Å². The van der Waals surface area contributed by atoms with E-state index in [0.717, 1.165) is 11.3 Å². The van der Waals surface area contributed by atoms with Crippen molar-refractivity contribution in [2.24, 2.45) is 0 Å². The highest BCUT2D eigenvalue weighted by atomic mass is 35.5. The summed E-state index contributed by atoms with van der Waals surface area (Å²) in [7, 11) is 0. The van der Waals surface area contributed by atoms with Crippen LogP contribution < -0.4 is 5.32 Å². The lowest BCUT2D eigenvalue weighted by atomic mass is 10.1. The van der Waals surface area contributed by atoms with E-state index in [1.165, 1.54) is 11.1 Å². The zero-order valence-corrected chi connectivity index (χ0v) is 13.1. The van der Waals surface area contributed by atoms with Crippen molar-refractivity contribution >= 4 is 23.1 Å². The predicted molar refractivity (Wildman–Crippen MR) is 89.5 cm³/mol. The first-order valence-corrected chi connectivity index (χ1v) is 7.28. The Kier molecular flexibility index (Phi) is 4.02. The Morgan fingerprint density at radius 3 is 2.27 bits per heavy atom. The van der Waals surface area contributed by atoms with E-state index in [1.54, 1.807) is 18.5 Å². The van der Waals surface area contributed by atoms with Crippen LogP contribution in [0.4, 0.5) is 11.5 Å². The number of aromatic nitrogens is 3. The Morgan fingerprint density at radius 1 is 0.909 bits per heavy atom. The number of aryl methyl sites for hydroxylation is 2. The van der Waals surface area contributed by atoms with Crippen molar-refractivity contribution in [2.45, 2.75) is 13.8 Å². The first-order valence-electron chi connectivity index (χ1n) is 6.90. The molecule has 22 heavy (non-hydrogen) atoms. The third-order valence-electron chi connectivity index (χ3n) is 3.13. The van der Waals surface area contributed by atoms with E-state index in [9.17, 15) is 0 Å². The molecule has 0 unspecified atom stereocenters. The van der Waals surface area contributed by atoms with Crippen molar-refractivity contribution in [3.63, 3.8) is 0 Å². The van der Waals surface area contributed by atoms with Gasteiger partial charge in [-0.05, 0) is 49.2 Å². The van der Waals surface area contributed by atoms with Gasteiger partial charge in [0.15, 0.2) is 5.82 Å². The van der Waals surface area contributed by atoms with E-state index in [1.807, 2.05) is 12.1 Å². The van der Waals surface area contributed by atoms with Crippen molar-refractivity contribution in [3.05, 3.63) is 65.1 Å². The molecule has 1 N–H and O–H groups in total. The Hall–Kier alpha value is -2.46. The van der Waals surface area contributed by atoms with E-state index < -0.39 is 0 Å². The normalized spacial score (nSPS) is 10.5. The average molecular weight is 311 g/mol. The molecule has 0 aliphatic carbocycles. The topological polar surface area (TPSA) is 50.7 Å². The average Bonchev–Trinajstić information content (AvgIpc) is 2.46. The van der Waals surface area contributed by atoms with Gasteiger partial charge in [0.2, 0.25) is 0 Å². The Balaban J connectivity index is 1.96. The van der Waals surface area contributed by atoms with Crippen LogP contribution in [0.3, 0.4) is 0 Å². The van der Waals surface area contributed by atoms with Crippen LogP contribution in [0, 0.1) is 13.8 Å². The lowest BCUT2D eigenvalue weighted by molar-refractivity contribution is 1.17. The molecule has 2 heterocycles. The Bertz CT molecular complexity index is 783. The third-order valence-corrected chi connectivity index (χ3v) is 3.32. The van der Waals surface area contributed by atoms with Gasteiger partial charge in [-0.15, -0.1) is 0 Å². The SMILES string of the molecule is Cc1cc(C)cc(Nc2cc(Cl)nc(-c3ccncc3)n2)c1. The van der Waals surface area contributed by atoms with Crippen LogP contribution in [-0.4, -0.2) is 15.0 Å². The molecule has 3 rings (SSSR count). The van der Waals surface area contributed by atoms with Crippen molar-refractivity contribution in [1.29, 1.82) is 0 Å². The van der Waals surface area contributed by atoms with E-state index in [4.69, 9.17) is 11.6 Å². The molecule has 2 aromatic heterocycles. The van der Waals surface area contributed by atoms with E-state index >= 15 is 0 Å². The molecule has 5 heteroatoms. The minimum atomic E-state index is 0.397. The first-order chi connectivity index (χ1) is 10.6. The number of hydrogen-bond donors (Lipinski definition) is 1. The van der Waals surface area contributed by atoms with Crippen LogP contribution in [-0.2, 0) is 0 Å². The minimum absolute atomic E-state index is 0.397. The number of pyridine rings is 1. The fourth-order valence-electron chi connectivity index (χ4n) is 2.31. The highest BCUT2D eigenvalue weighted by molar-refractivity contribution is 6.29. The number of nitrogens with zero attached hydrogens (tertiary/aromatic N) is 3. The van der Waals surface area contributed by atoms with Crippen molar-refractivity contribution in [3.8, 4) is 11.4 Å². The summed E-state index contributed by atoms with van der Waals surface area (Å²) in [5.41, 5.74) is 4.24. The zero-order valence-electron chi connectivity index (χ0n) is 12.3. The summed E-state index contributed by atoms with van der Waals surface area (Å²) in [5.74, 6) is 1.23. The van der Waals surface area contributed by atoms with Gasteiger partial charge in [0.1, 0.15) is 11.0 Å². The molecule has 3 aromatic rings.